The molecule has 1 N–H and O–H groups in total. The molecule has 3 rings (SSSR count). The average Bonchev–Trinajstić information content (AvgIpc) is 2.79. The van der Waals surface area contributed by atoms with Crippen LogP contribution in [0.25, 0.3) is 0 Å². The predicted octanol–water partition coefficient (Wildman–Crippen LogP) is 1.03. The summed E-state index contributed by atoms with van der Waals surface area (Å²) in [6.07, 6.45) is 0. The molecule has 0 bridgehead atoms. The molecule has 1 aromatic carbocycles. The molecule has 0 aromatic heterocycles. The molecule has 2 aliphatic heterocycles. The fourth-order valence-corrected chi connectivity index (χ4v) is 4.28. The molecule has 2 saturated heterocycles. The van der Waals surface area contributed by atoms with Crippen LogP contribution >= 0.6 is 0 Å². The van der Waals surface area contributed by atoms with Gasteiger partial charge in [-0.25, -0.2) is 0 Å². The van der Waals surface area contributed by atoms with Crippen LogP contribution in [-0.4, -0.2) is 119 Å². The molecule has 0 spiro atoms. The second-order valence-corrected chi connectivity index (χ2v) is 8.53. The van der Waals surface area contributed by atoms with Crippen molar-refractivity contribution in [3.63, 3.8) is 0 Å². The maximum absolute atomic E-state index is 5.55. The monoisotopic (exact) mass is 432 g/mol. The SMILES string of the molecule is CCNC(=NCC1CN(C)CCN1C)N1CCN(Cc2cc(OC)ccc2OC)CC1. The molecule has 1 aromatic rings. The number of methoxy groups -OCH3 is 2. The van der Waals surface area contributed by atoms with Crippen LogP contribution in [0.3, 0.4) is 0 Å². The van der Waals surface area contributed by atoms with Gasteiger partial charge in [-0.1, -0.05) is 0 Å². The van der Waals surface area contributed by atoms with E-state index in [0.717, 1.165) is 82.9 Å². The Hall–Kier alpha value is -2.03. The maximum atomic E-state index is 5.55. The van der Waals surface area contributed by atoms with Crippen LogP contribution in [0, 0.1) is 0 Å². The third kappa shape index (κ3) is 6.48. The lowest BCUT2D eigenvalue weighted by Gasteiger charge is -2.38. The van der Waals surface area contributed by atoms with Gasteiger partial charge in [0.05, 0.1) is 20.8 Å². The van der Waals surface area contributed by atoms with E-state index in [1.54, 1.807) is 14.2 Å². The zero-order chi connectivity index (χ0) is 22.2. The predicted molar refractivity (Wildman–Crippen MR) is 126 cm³/mol. The molecule has 174 valence electrons. The van der Waals surface area contributed by atoms with Crippen LogP contribution in [0.1, 0.15) is 12.5 Å². The summed E-state index contributed by atoms with van der Waals surface area (Å²) >= 11 is 0. The molecule has 8 heteroatoms. The zero-order valence-electron chi connectivity index (χ0n) is 19.9. The van der Waals surface area contributed by atoms with Crippen LogP contribution in [0.4, 0.5) is 0 Å². The van der Waals surface area contributed by atoms with Crippen LogP contribution < -0.4 is 14.8 Å². The summed E-state index contributed by atoms with van der Waals surface area (Å²) in [5.41, 5.74) is 1.17. The summed E-state index contributed by atoms with van der Waals surface area (Å²) in [5.74, 6) is 2.83. The minimum atomic E-state index is 0.481. The number of nitrogens with one attached hydrogen (secondary N) is 1. The number of benzene rings is 1. The van der Waals surface area contributed by atoms with E-state index in [4.69, 9.17) is 14.5 Å². The first-order chi connectivity index (χ1) is 15.0. The smallest absolute Gasteiger partial charge is 0.194 e. The lowest BCUT2D eigenvalue weighted by Crippen LogP contribution is -2.54. The van der Waals surface area contributed by atoms with E-state index in [1.807, 2.05) is 12.1 Å². The highest BCUT2D eigenvalue weighted by molar-refractivity contribution is 5.80. The number of ether oxygens (including phenoxy) is 2. The Bertz CT molecular complexity index is 720. The molecule has 1 unspecified atom stereocenters. The summed E-state index contributed by atoms with van der Waals surface area (Å²) in [5, 5.41) is 3.50. The van der Waals surface area contributed by atoms with Crippen molar-refractivity contribution >= 4 is 5.96 Å². The van der Waals surface area contributed by atoms with Crippen LogP contribution in [-0.2, 0) is 6.54 Å². The van der Waals surface area contributed by atoms with Gasteiger partial charge >= 0.3 is 0 Å². The highest BCUT2D eigenvalue weighted by atomic mass is 16.5. The van der Waals surface area contributed by atoms with Crippen molar-refractivity contribution in [3.8, 4) is 11.5 Å². The third-order valence-electron chi connectivity index (χ3n) is 6.32. The molecule has 0 amide bonds. The molecule has 31 heavy (non-hydrogen) atoms. The Morgan fingerprint density at radius 2 is 1.84 bits per heavy atom. The lowest BCUT2D eigenvalue weighted by atomic mass is 10.1. The second kappa shape index (κ2) is 11.5. The van der Waals surface area contributed by atoms with E-state index in [1.165, 1.54) is 5.56 Å². The van der Waals surface area contributed by atoms with Gasteiger partial charge in [0.2, 0.25) is 0 Å². The first-order valence-corrected chi connectivity index (χ1v) is 11.4. The van der Waals surface area contributed by atoms with Gasteiger partial charge in [-0.3, -0.25) is 14.8 Å². The Morgan fingerprint density at radius 3 is 2.52 bits per heavy atom. The zero-order valence-corrected chi connectivity index (χ0v) is 19.9. The molecule has 2 fully saturated rings. The van der Waals surface area contributed by atoms with Crippen LogP contribution in [0.15, 0.2) is 23.2 Å². The summed E-state index contributed by atoms with van der Waals surface area (Å²) < 4.78 is 11.0. The van der Waals surface area contributed by atoms with E-state index in [9.17, 15) is 0 Å². The molecule has 2 aliphatic rings. The van der Waals surface area contributed by atoms with Gasteiger partial charge in [0.25, 0.3) is 0 Å². The van der Waals surface area contributed by atoms with Crippen molar-refractivity contribution in [3.05, 3.63) is 23.8 Å². The molecule has 0 saturated carbocycles. The number of nitrogens with zero attached hydrogens (tertiary/aromatic N) is 5. The molecule has 0 aliphatic carbocycles. The molecular weight excluding hydrogens is 392 g/mol. The topological polar surface area (TPSA) is 55.8 Å². The van der Waals surface area contributed by atoms with Gasteiger partial charge in [-0.15, -0.1) is 0 Å². The lowest BCUT2D eigenvalue weighted by molar-refractivity contribution is 0.119. The molecular formula is C23H40N6O2. The minimum absolute atomic E-state index is 0.481. The highest BCUT2D eigenvalue weighted by Gasteiger charge is 2.24. The average molecular weight is 433 g/mol. The standard InChI is InChI=1S/C23H40N6O2/c1-6-24-23(25-16-20-18-26(2)9-10-27(20)3)29-13-11-28(12-14-29)17-19-15-21(30-4)7-8-22(19)31-5/h7-8,15,20H,6,9-14,16-18H2,1-5H3,(H,24,25). The maximum Gasteiger partial charge on any atom is 0.194 e. The highest BCUT2D eigenvalue weighted by Crippen LogP contribution is 2.25. The number of hydrogen-bond donors (Lipinski definition) is 1. The minimum Gasteiger partial charge on any atom is -0.497 e. The van der Waals surface area contributed by atoms with E-state index >= 15 is 0 Å². The second-order valence-electron chi connectivity index (χ2n) is 8.53. The van der Waals surface area contributed by atoms with Crippen molar-refractivity contribution in [1.82, 2.24) is 24.9 Å². The van der Waals surface area contributed by atoms with E-state index < -0.39 is 0 Å². The molecule has 8 nitrogen and oxygen atoms in total. The number of guanidine groups is 1. The third-order valence-corrected chi connectivity index (χ3v) is 6.32. The Balaban J connectivity index is 1.57. The van der Waals surface area contributed by atoms with E-state index in [0.29, 0.717) is 6.04 Å². The summed E-state index contributed by atoms with van der Waals surface area (Å²) in [4.78, 5) is 14.7. The van der Waals surface area contributed by atoms with Crippen LogP contribution in [0.5, 0.6) is 11.5 Å². The quantitative estimate of drug-likeness (QED) is 0.510. The number of hydrogen-bond acceptors (Lipinski definition) is 6. The number of aliphatic imine (C=N–C) groups is 1. The van der Waals surface area contributed by atoms with E-state index in [2.05, 4.69) is 52.0 Å². The number of piperazine rings is 2. The fraction of sp³-hybridized carbons (Fsp3) is 0.696. The first-order valence-electron chi connectivity index (χ1n) is 11.4. The number of likely N-dealkylation sites (N-methyl/N-ethyl adjacent to an activating group) is 2. The summed E-state index contributed by atoms with van der Waals surface area (Å²) in [6, 6.07) is 6.49. The normalized spacial score (nSPS) is 21.9. The molecule has 2 heterocycles. The number of rotatable bonds is 7. The molecule has 0 radical (unpaired) electrons. The van der Waals surface area contributed by atoms with Gasteiger partial charge in [0, 0.05) is 70.5 Å². The Morgan fingerprint density at radius 1 is 1.06 bits per heavy atom. The fourth-order valence-electron chi connectivity index (χ4n) is 4.28. The van der Waals surface area contributed by atoms with Crippen LogP contribution in [0.2, 0.25) is 0 Å². The summed E-state index contributed by atoms with van der Waals surface area (Å²) in [6.45, 7) is 12.0. The van der Waals surface area contributed by atoms with Gasteiger partial charge in [0.1, 0.15) is 11.5 Å². The van der Waals surface area contributed by atoms with Crippen molar-refractivity contribution in [2.24, 2.45) is 4.99 Å². The largest absolute Gasteiger partial charge is 0.497 e. The Kier molecular flexibility index (Phi) is 8.80. The summed E-state index contributed by atoms with van der Waals surface area (Å²) in [7, 11) is 7.84. The Labute approximate surface area is 187 Å². The van der Waals surface area contributed by atoms with Crippen molar-refractivity contribution in [2.45, 2.75) is 19.5 Å². The van der Waals surface area contributed by atoms with Gasteiger partial charge < -0.3 is 24.6 Å². The molecule has 1 atom stereocenters. The van der Waals surface area contributed by atoms with Crippen molar-refractivity contribution < 1.29 is 9.47 Å². The van der Waals surface area contributed by atoms with Gasteiger partial charge in [-0.05, 0) is 39.2 Å². The van der Waals surface area contributed by atoms with Gasteiger partial charge in [-0.2, -0.15) is 0 Å². The van der Waals surface area contributed by atoms with Crippen molar-refractivity contribution in [2.75, 3.05) is 87.2 Å². The van der Waals surface area contributed by atoms with E-state index in [-0.39, 0.29) is 0 Å². The van der Waals surface area contributed by atoms with Crippen molar-refractivity contribution in [1.29, 1.82) is 0 Å². The van der Waals surface area contributed by atoms with Gasteiger partial charge in [0.15, 0.2) is 5.96 Å². The first kappa shape index (κ1) is 23.6.